The molecule has 2 unspecified atom stereocenters. The van der Waals surface area contributed by atoms with Crippen molar-refractivity contribution in [2.24, 2.45) is 5.92 Å². The highest BCUT2D eigenvalue weighted by Crippen LogP contribution is 2.49. The van der Waals surface area contributed by atoms with Crippen LogP contribution in [0.15, 0.2) is 30.3 Å². The Morgan fingerprint density at radius 3 is 2.53 bits per heavy atom. The Hall–Kier alpha value is -0.820. The van der Waals surface area contributed by atoms with Gasteiger partial charge in [-0.05, 0) is 64.0 Å². The van der Waals surface area contributed by atoms with Crippen molar-refractivity contribution >= 4 is 0 Å². The predicted octanol–water partition coefficient (Wildman–Crippen LogP) is 3.96. The minimum atomic E-state index is 0.266. The van der Waals surface area contributed by atoms with Crippen LogP contribution in [0, 0.1) is 5.92 Å². The van der Waals surface area contributed by atoms with Gasteiger partial charge in [0.1, 0.15) is 0 Å². The zero-order valence-corrected chi connectivity index (χ0v) is 11.4. The number of benzene rings is 1. The van der Waals surface area contributed by atoms with Gasteiger partial charge in [0.25, 0.3) is 0 Å². The summed E-state index contributed by atoms with van der Waals surface area (Å²) in [7, 11) is 0. The molecule has 0 heterocycles. The van der Waals surface area contributed by atoms with E-state index in [4.69, 9.17) is 0 Å². The fourth-order valence-electron chi connectivity index (χ4n) is 2.50. The third-order valence-electron chi connectivity index (χ3n) is 3.56. The topological polar surface area (TPSA) is 12.0 Å². The summed E-state index contributed by atoms with van der Waals surface area (Å²) in [5, 5.41) is 3.56. The van der Waals surface area contributed by atoms with Crippen molar-refractivity contribution < 1.29 is 0 Å². The summed E-state index contributed by atoms with van der Waals surface area (Å²) >= 11 is 0. The molecule has 0 amide bonds. The van der Waals surface area contributed by atoms with Crippen molar-refractivity contribution in [3.05, 3.63) is 35.9 Å². The molecule has 17 heavy (non-hydrogen) atoms. The van der Waals surface area contributed by atoms with Gasteiger partial charge in [0.15, 0.2) is 0 Å². The Morgan fingerprint density at radius 1 is 1.18 bits per heavy atom. The minimum absolute atomic E-state index is 0.266. The van der Waals surface area contributed by atoms with Gasteiger partial charge < -0.3 is 5.32 Å². The van der Waals surface area contributed by atoms with Crippen molar-refractivity contribution in [3.8, 4) is 0 Å². The second-order valence-electron chi connectivity index (χ2n) is 6.33. The maximum Gasteiger partial charge on any atom is 0.00965 e. The lowest BCUT2D eigenvalue weighted by Gasteiger charge is -2.20. The monoisotopic (exact) mass is 231 g/mol. The summed E-state index contributed by atoms with van der Waals surface area (Å²) in [6, 6.07) is 11.0. The number of rotatable bonds is 5. The normalized spacial score (nSPS) is 23.7. The van der Waals surface area contributed by atoms with Crippen molar-refractivity contribution in [2.45, 2.75) is 51.5 Å². The van der Waals surface area contributed by atoms with Gasteiger partial charge >= 0.3 is 0 Å². The SMILES string of the molecule is CC(C)(C)NCCCC1CC1c1ccccc1. The van der Waals surface area contributed by atoms with Gasteiger partial charge in [-0.3, -0.25) is 0 Å². The molecule has 1 aliphatic rings. The molecule has 1 fully saturated rings. The van der Waals surface area contributed by atoms with Crippen LogP contribution in [0.4, 0.5) is 0 Å². The maximum atomic E-state index is 3.56. The van der Waals surface area contributed by atoms with Crippen LogP contribution in [0.3, 0.4) is 0 Å². The minimum Gasteiger partial charge on any atom is -0.312 e. The summed E-state index contributed by atoms with van der Waals surface area (Å²) < 4.78 is 0. The van der Waals surface area contributed by atoms with E-state index in [1.165, 1.54) is 19.3 Å². The molecule has 1 aliphatic carbocycles. The van der Waals surface area contributed by atoms with E-state index >= 15 is 0 Å². The lowest BCUT2D eigenvalue weighted by Crippen LogP contribution is -2.36. The first-order valence-corrected chi connectivity index (χ1v) is 6.86. The largest absolute Gasteiger partial charge is 0.312 e. The third kappa shape index (κ3) is 4.16. The van der Waals surface area contributed by atoms with Crippen molar-refractivity contribution in [2.75, 3.05) is 6.54 Å². The van der Waals surface area contributed by atoms with Gasteiger partial charge in [0.2, 0.25) is 0 Å². The van der Waals surface area contributed by atoms with E-state index in [-0.39, 0.29) is 5.54 Å². The summed E-state index contributed by atoms with van der Waals surface area (Å²) in [5.74, 6) is 1.80. The highest BCUT2D eigenvalue weighted by Gasteiger charge is 2.37. The molecular formula is C16H25N. The number of hydrogen-bond acceptors (Lipinski definition) is 1. The standard InChI is InChI=1S/C16H25N/c1-16(2,3)17-11-7-10-14-12-15(14)13-8-5-4-6-9-13/h4-6,8-9,14-15,17H,7,10-12H2,1-3H3. The van der Waals surface area contributed by atoms with E-state index in [0.29, 0.717) is 0 Å². The molecule has 0 radical (unpaired) electrons. The average molecular weight is 231 g/mol. The molecule has 1 aromatic carbocycles. The molecule has 0 aromatic heterocycles. The van der Waals surface area contributed by atoms with E-state index < -0.39 is 0 Å². The Labute approximate surface area is 106 Å². The van der Waals surface area contributed by atoms with Crippen molar-refractivity contribution in [1.82, 2.24) is 5.32 Å². The highest BCUT2D eigenvalue weighted by atomic mass is 14.9. The van der Waals surface area contributed by atoms with Gasteiger partial charge in [-0.15, -0.1) is 0 Å². The van der Waals surface area contributed by atoms with Crippen LogP contribution < -0.4 is 5.32 Å². The lowest BCUT2D eigenvalue weighted by atomic mass is 10.1. The molecule has 1 heteroatoms. The molecular weight excluding hydrogens is 206 g/mol. The van der Waals surface area contributed by atoms with Crippen LogP contribution in [0.2, 0.25) is 0 Å². The molecule has 0 bridgehead atoms. The zero-order chi connectivity index (χ0) is 12.3. The van der Waals surface area contributed by atoms with Crippen molar-refractivity contribution in [1.29, 1.82) is 0 Å². The van der Waals surface area contributed by atoms with Gasteiger partial charge in [0.05, 0.1) is 0 Å². The second kappa shape index (κ2) is 5.22. The van der Waals surface area contributed by atoms with Gasteiger partial charge in [0, 0.05) is 5.54 Å². The van der Waals surface area contributed by atoms with Gasteiger partial charge in [-0.2, -0.15) is 0 Å². The summed E-state index contributed by atoms with van der Waals surface area (Å²) in [6.45, 7) is 7.85. The van der Waals surface area contributed by atoms with E-state index in [0.717, 1.165) is 18.4 Å². The van der Waals surface area contributed by atoms with Crippen molar-refractivity contribution in [3.63, 3.8) is 0 Å². The number of nitrogens with one attached hydrogen (secondary N) is 1. The number of hydrogen-bond donors (Lipinski definition) is 1. The maximum absolute atomic E-state index is 3.56. The molecule has 2 atom stereocenters. The van der Waals surface area contributed by atoms with Gasteiger partial charge in [-0.25, -0.2) is 0 Å². The Bertz CT molecular complexity index is 336. The first kappa shape index (κ1) is 12.6. The van der Waals surface area contributed by atoms with Crippen LogP contribution in [-0.4, -0.2) is 12.1 Å². The molecule has 1 aromatic rings. The second-order valence-corrected chi connectivity index (χ2v) is 6.33. The van der Waals surface area contributed by atoms with E-state index in [1.54, 1.807) is 5.56 Å². The smallest absolute Gasteiger partial charge is 0.00965 e. The lowest BCUT2D eigenvalue weighted by molar-refractivity contribution is 0.414. The molecule has 1 saturated carbocycles. The molecule has 1 N–H and O–H groups in total. The average Bonchev–Trinajstić information content (AvgIpc) is 3.04. The van der Waals surface area contributed by atoms with E-state index in [1.807, 2.05) is 0 Å². The highest BCUT2D eigenvalue weighted by molar-refractivity contribution is 5.25. The van der Waals surface area contributed by atoms with Crippen LogP contribution in [0.1, 0.15) is 51.5 Å². The Kier molecular flexibility index (Phi) is 3.88. The summed E-state index contributed by atoms with van der Waals surface area (Å²) in [4.78, 5) is 0. The van der Waals surface area contributed by atoms with Crippen LogP contribution >= 0.6 is 0 Å². The fraction of sp³-hybridized carbons (Fsp3) is 0.625. The molecule has 2 rings (SSSR count). The third-order valence-corrected chi connectivity index (χ3v) is 3.56. The Balaban J connectivity index is 1.64. The molecule has 0 spiro atoms. The van der Waals surface area contributed by atoms with E-state index in [2.05, 4.69) is 56.4 Å². The summed E-state index contributed by atoms with van der Waals surface area (Å²) in [5.41, 5.74) is 1.81. The predicted molar refractivity (Wildman–Crippen MR) is 74.3 cm³/mol. The molecule has 0 aliphatic heterocycles. The molecule has 0 saturated heterocycles. The van der Waals surface area contributed by atoms with Crippen LogP contribution in [-0.2, 0) is 0 Å². The first-order chi connectivity index (χ1) is 8.06. The van der Waals surface area contributed by atoms with E-state index in [9.17, 15) is 0 Å². The molecule has 1 nitrogen and oxygen atoms in total. The first-order valence-electron chi connectivity index (χ1n) is 6.86. The molecule has 94 valence electrons. The zero-order valence-electron chi connectivity index (χ0n) is 11.4. The Morgan fingerprint density at radius 2 is 1.88 bits per heavy atom. The quantitative estimate of drug-likeness (QED) is 0.756. The van der Waals surface area contributed by atoms with Crippen LogP contribution in [0.25, 0.3) is 0 Å². The fourth-order valence-corrected chi connectivity index (χ4v) is 2.50. The van der Waals surface area contributed by atoms with Crippen LogP contribution in [0.5, 0.6) is 0 Å². The van der Waals surface area contributed by atoms with Gasteiger partial charge in [-0.1, -0.05) is 30.3 Å². The summed E-state index contributed by atoms with van der Waals surface area (Å²) in [6.07, 6.45) is 4.09.